The molecule has 0 spiro atoms. The predicted octanol–water partition coefficient (Wildman–Crippen LogP) is 3.24. The van der Waals surface area contributed by atoms with Gasteiger partial charge in [0.1, 0.15) is 23.2 Å². The number of hydrogen-bond donors (Lipinski definition) is 1. The Morgan fingerprint density at radius 3 is 2.71 bits per heavy atom. The van der Waals surface area contributed by atoms with E-state index in [0.29, 0.717) is 22.8 Å². The number of nitrogens with one attached hydrogen (secondary N) is 1. The van der Waals surface area contributed by atoms with E-state index in [2.05, 4.69) is 15.2 Å². The molecule has 0 saturated heterocycles. The Kier molecular flexibility index (Phi) is 3.76. The van der Waals surface area contributed by atoms with Crippen molar-refractivity contribution in [3.05, 3.63) is 35.5 Å². The van der Waals surface area contributed by atoms with Crippen LogP contribution in [0, 0.1) is 18.3 Å². The smallest absolute Gasteiger partial charge is 0.406 e. The van der Waals surface area contributed by atoms with Crippen molar-refractivity contribution in [1.29, 1.82) is 5.26 Å². The molecule has 0 aliphatic carbocycles. The van der Waals surface area contributed by atoms with Gasteiger partial charge in [0, 0.05) is 18.8 Å². The number of halogens is 3. The van der Waals surface area contributed by atoms with Gasteiger partial charge in [0.15, 0.2) is 0 Å². The van der Waals surface area contributed by atoms with Gasteiger partial charge in [-0.15, -0.1) is 13.2 Å². The molecule has 0 radical (unpaired) electrons. The van der Waals surface area contributed by atoms with Gasteiger partial charge >= 0.3 is 6.36 Å². The minimum atomic E-state index is -4.75. The van der Waals surface area contributed by atoms with Crippen LogP contribution in [0.5, 0.6) is 5.75 Å². The average Bonchev–Trinajstić information content (AvgIpc) is 2.62. The summed E-state index contributed by atoms with van der Waals surface area (Å²) >= 11 is 0. The largest absolute Gasteiger partial charge is 0.573 e. The number of nitriles is 1. The van der Waals surface area contributed by atoms with Crippen molar-refractivity contribution >= 4 is 11.5 Å². The number of benzene rings is 1. The number of aryl methyl sites for hydroxylation is 2. The number of aromatic nitrogens is 2. The van der Waals surface area contributed by atoms with Crippen LogP contribution in [-0.4, -0.2) is 16.1 Å². The average molecular weight is 296 g/mol. The highest BCUT2D eigenvalue weighted by Gasteiger charge is 2.31. The molecular formula is C13H11F3N4O. The summed E-state index contributed by atoms with van der Waals surface area (Å²) in [6, 6.07) is 7.36. The number of hydrogen-bond acceptors (Lipinski definition) is 4. The van der Waals surface area contributed by atoms with Gasteiger partial charge < -0.3 is 10.1 Å². The third-order valence-corrected chi connectivity index (χ3v) is 2.66. The van der Waals surface area contributed by atoms with E-state index in [1.54, 1.807) is 20.0 Å². The van der Waals surface area contributed by atoms with Crippen LogP contribution < -0.4 is 10.1 Å². The maximum atomic E-state index is 12.2. The van der Waals surface area contributed by atoms with Crippen molar-refractivity contribution in [2.45, 2.75) is 13.3 Å². The van der Waals surface area contributed by atoms with E-state index < -0.39 is 6.36 Å². The van der Waals surface area contributed by atoms with Gasteiger partial charge in [-0.1, -0.05) is 6.07 Å². The molecule has 1 N–H and O–H groups in total. The van der Waals surface area contributed by atoms with Gasteiger partial charge in [0.25, 0.3) is 0 Å². The second-order valence-corrected chi connectivity index (χ2v) is 4.25. The van der Waals surface area contributed by atoms with Crippen molar-refractivity contribution in [2.75, 3.05) is 5.32 Å². The monoisotopic (exact) mass is 296 g/mol. The highest BCUT2D eigenvalue weighted by atomic mass is 19.4. The third-order valence-electron chi connectivity index (χ3n) is 2.66. The first-order valence-electron chi connectivity index (χ1n) is 5.86. The molecule has 110 valence electrons. The summed E-state index contributed by atoms with van der Waals surface area (Å²) < 4.78 is 41.9. The fraction of sp³-hybridized carbons (Fsp3) is 0.231. The van der Waals surface area contributed by atoms with E-state index in [1.165, 1.54) is 22.9 Å². The molecule has 2 aromatic rings. The standard InChI is InChI=1S/C13H11F3N4O/c1-8-11(7-17)12(20(2)19-8)18-9-4-3-5-10(6-9)21-13(14,15)16/h3-6,18H,1-2H3. The van der Waals surface area contributed by atoms with Gasteiger partial charge in [-0.05, 0) is 19.1 Å². The maximum absolute atomic E-state index is 12.2. The zero-order chi connectivity index (χ0) is 15.6. The van der Waals surface area contributed by atoms with E-state index in [0.717, 1.165) is 0 Å². The second kappa shape index (κ2) is 5.36. The van der Waals surface area contributed by atoms with Crippen LogP contribution in [0.15, 0.2) is 24.3 Å². The van der Waals surface area contributed by atoms with E-state index in [4.69, 9.17) is 5.26 Å². The highest BCUT2D eigenvalue weighted by molar-refractivity contribution is 5.65. The lowest BCUT2D eigenvalue weighted by molar-refractivity contribution is -0.274. The van der Waals surface area contributed by atoms with Crippen molar-refractivity contribution in [3.63, 3.8) is 0 Å². The Balaban J connectivity index is 2.29. The summed E-state index contributed by atoms with van der Waals surface area (Å²) in [5, 5.41) is 16.0. The highest BCUT2D eigenvalue weighted by Crippen LogP contribution is 2.28. The molecule has 0 fully saturated rings. The lowest BCUT2D eigenvalue weighted by atomic mass is 10.2. The van der Waals surface area contributed by atoms with Crippen molar-refractivity contribution in [2.24, 2.45) is 7.05 Å². The molecule has 0 aliphatic rings. The lowest BCUT2D eigenvalue weighted by Crippen LogP contribution is -2.17. The summed E-state index contributed by atoms with van der Waals surface area (Å²) in [6.07, 6.45) is -4.75. The molecule has 21 heavy (non-hydrogen) atoms. The van der Waals surface area contributed by atoms with Gasteiger partial charge in [0.2, 0.25) is 0 Å². The Morgan fingerprint density at radius 2 is 2.10 bits per heavy atom. The second-order valence-electron chi connectivity index (χ2n) is 4.25. The number of ether oxygens (including phenoxy) is 1. The lowest BCUT2D eigenvalue weighted by Gasteiger charge is -2.11. The first-order valence-corrected chi connectivity index (χ1v) is 5.86. The van der Waals surface area contributed by atoms with Crippen molar-refractivity contribution in [3.8, 4) is 11.8 Å². The molecule has 1 heterocycles. The first-order chi connectivity index (χ1) is 9.80. The van der Waals surface area contributed by atoms with Gasteiger partial charge in [0.05, 0.1) is 5.69 Å². The summed E-state index contributed by atoms with van der Waals surface area (Å²) in [5.41, 5.74) is 1.22. The van der Waals surface area contributed by atoms with E-state index in [9.17, 15) is 13.2 Å². The predicted molar refractivity (Wildman–Crippen MR) is 69.1 cm³/mol. The van der Waals surface area contributed by atoms with Crippen LogP contribution in [0.25, 0.3) is 0 Å². The fourth-order valence-corrected chi connectivity index (χ4v) is 1.84. The molecule has 0 unspecified atom stereocenters. The van der Waals surface area contributed by atoms with Crippen molar-refractivity contribution < 1.29 is 17.9 Å². The number of nitrogens with zero attached hydrogens (tertiary/aromatic N) is 3. The summed E-state index contributed by atoms with van der Waals surface area (Å²) in [5.74, 6) is 0.0593. The van der Waals surface area contributed by atoms with E-state index >= 15 is 0 Å². The van der Waals surface area contributed by atoms with E-state index in [-0.39, 0.29) is 5.75 Å². The Morgan fingerprint density at radius 1 is 1.38 bits per heavy atom. The minimum absolute atomic E-state index is 0.333. The Labute approximate surface area is 118 Å². The Bertz CT molecular complexity index is 700. The van der Waals surface area contributed by atoms with Gasteiger partial charge in [-0.3, -0.25) is 4.68 Å². The van der Waals surface area contributed by atoms with Crippen LogP contribution in [0.4, 0.5) is 24.7 Å². The molecule has 0 amide bonds. The SMILES string of the molecule is Cc1nn(C)c(Nc2cccc(OC(F)(F)F)c2)c1C#N. The fourth-order valence-electron chi connectivity index (χ4n) is 1.84. The van der Waals surface area contributed by atoms with Gasteiger partial charge in [-0.25, -0.2) is 0 Å². The molecule has 8 heteroatoms. The molecule has 0 atom stereocenters. The molecule has 2 rings (SSSR count). The molecular weight excluding hydrogens is 285 g/mol. The first kappa shape index (κ1) is 14.7. The molecule has 0 aliphatic heterocycles. The summed E-state index contributed by atoms with van der Waals surface area (Å²) in [4.78, 5) is 0. The number of alkyl halides is 3. The molecule has 1 aromatic carbocycles. The normalized spacial score (nSPS) is 11.0. The number of anilines is 2. The van der Waals surface area contributed by atoms with Crippen LogP contribution in [0.3, 0.4) is 0 Å². The zero-order valence-electron chi connectivity index (χ0n) is 11.2. The van der Waals surface area contributed by atoms with E-state index in [1.807, 2.05) is 6.07 Å². The Hall–Kier alpha value is -2.69. The van der Waals surface area contributed by atoms with Gasteiger partial charge in [-0.2, -0.15) is 10.4 Å². The van der Waals surface area contributed by atoms with Crippen LogP contribution in [-0.2, 0) is 7.05 Å². The molecule has 5 nitrogen and oxygen atoms in total. The third kappa shape index (κ3) is 3.45. The molecule has 1 aromatic heterocycles. The van der Waals surface area contributed by atoms with Crippen LogP contribution in [0.2, 0.25) is 0 Å². The maximum Gasteiger partial charge on any atom is 0.573 e. The zero-order valence-corrected chi connectivity index (χ0v) is 11.2. The minimum Gasteiger partial charge on any atom is -0.406 e. The summed E-state index contributed by atoms with van der Waals surface area (Å²) in [7, 11) is 1.63. The summed E-state index contributed by atoms with van der Waals surface area (Å²) in [6.45, 7) is 1.67. The van der Waals surface area contributed by atoms with Crippen molar-refractivity contribution in [1.82, 2.24) is 9.78 Å². The molecule has 0 bridgehead atoms. The van der Waals surface area contributed by atoms with Crippen LogP contribution in [0.1, 0.15) is 11.3 Å². The quantitative estimate of drug-likeness (QED) is 0.944. The number of rotatable bonds is 3. The topological polar surface area (TPSA) is 62.9 Å². The molecule has 0 saturated carbocycles. The van der Waals surface area contributed by atoms with Crippen LogP contribution >= 0.6 is 0 Å².